The normalized spacial score (nSPS) is 10.2. The summed E-state index contributed by atoms with van der Waals surface area (Å²) in [5, 5.41) is 2.36. The van der Waals surface area contributed by atoms with Crippen molar-refractivity contribution in [1.29, 1.82) is 0 Å². The standard InChI is InChI=1S/2FHO2S.Rf/c1-4(2)3;1-2-3-4;/h(H,2,3);4H;/p-2. The zero-order valence-electron chi connectivity index (χ0n) is 3.91. The monoisotopic (exact) mass is 433 g/mol. The van der Waals surface area contributed by atoms with Gasteiger partial charge in [-0.05, 0) is 9.62 Å². The van der Waals surface area contributed by atoms with Gasteiger partial charge in [-0.3, -0.25) is 0 Å². The van der Waals surface area contributed by atoms with Crippen molar-refractivity contribution in [2.75, 3.05) is 0 Å². The number of rotatable bonds is 1. The van der Waals surface area contributed by atoms with Gasteiger partial charge >= 0.3 is 0 Å². The van der Waals surface area contributed by atoms with Crippen LogP contribution in [0.15, 0.2) is 0 Å². The van der Waals surface area contributed by atoms with Crippen LogP contribution in [0.5, 0.6) is 0 Å². The molecule has 0 aliphatic carbocycles. The Morgan fingerprint density at radius 2 is 1.78 bits per heavy atom. The molecule has 0 aromatic rings. The van der Waals surface area contributed by atoms with E-state index in [0.717, 1.165) is 0 Å². The van der Waals surface area contributed by atoms with Crippen LogP contribution in [0.25, 0.3) is 0 Å². The summed E-state index contributed by atoms with van der Waals surface area (Å²) in [6.07, 6.45) is 0. The molecule has 54 valence electrons. The fraction of sp³-hybridized carbons (Fsp3) is 0. The van der Waals surface area contributed by atoms with Crippen LogP contribution in [-0.4, -0.2) is 8.76 Å². The molecule has 0 amide bonds. The second-order valence-corrected chi connectivity index (χ2v) is 0.849. The van der Waals surface area contributed by atoms with Crippen LogP contribution in [0, 0.1) is 0 Å². The smallest absolute Gasteiger partial charge is 0.132 e. The van der Waals surface area contributed by atoms with Gasteiger partial charge in [-0.2, -0.15) is 0 Å². The van der Waals surface area contributed by atoms with Gasteiger partial charge in [0.25, 0.3) is 0 Å². The summed E-state index contributed by atoms with van der Waals surface area (Å²) < 4.78 is 39.4. The molecule has 0 aliphatic rings. The molecule has 0 fully saturated rings. The Hall–Kier alpha value is -0.760. The fourth-order valence-electron chi connectivity index (χ4n) is 0. The Morgan fingerprint density at radius 1 is 1.67 bits per heavy atom. The zero-order valence-corrected chi connectivity index (χ0v) is 11.9. The molecule has 0 aromatic carbocycles. The van der Waals surface area contributed by atoms with E-state index in [1.54, 1.807) is 0 Å². The summed E-state index contributed by atoms with van der Waals surface area (Å²) in [6.45, 7) is 0. The summed E-state index contributed by atoms with van der Waals surface area (Å²) in [5.41, 5.74) is 0. The van der Waals surface area contributed by atoms with E-state index in [9.17, 15) is 8.41 Å². The van der Waals surface area contributed by atoms with Gasteiger partial charge in [0, 0.05) is 0 Å². The van der Waals surface area contributed by atoms with Crippen LogP contribution in [-0.2, 0) is 33.8 Å². The third-order valence-corrected chi connectivity index (χ3v) is 0.0772. The largest absolute Gasteiger partial charge is 0.746 e. The van der Waals surface area contributed by atoms with Crippen molar-refractivity contribution in [2.45, 2.75) is 0 Å². The molecule has 1 atom stereocenters. The Kier molecular flexibility index (Phi) is 27.4. The van der Waals surface area contributed by atoms with Crippen LogP contribution >= 0.6 is 0 Å². The predicted octanol–water partition coefficient (Wildman–Crippen LogP) is 0.0310. The zero-order chi connectivity index (χ0) is 6.99. The Bertz CT molecular complexity index is 54.5. The minimum Gasteiger partial charge on any atom is -0.746 e. The molecular weight excluding hydrogens is 433 g/mol. The maximum absolute atomic E-state index is 9.92. The van der Waals surface area contributed by atoms with Gasteiger partial charge in [-0.15, -0.1) is 3.89 Å². The van der Waals surface area contributed by atoms with Gasteiger partial charge < -0.3 is 21.8 Å². The van der Waals surface area contributed by atoms with Crippen LogP contribution in [0.1, 0.15) is 0 Å². The van der Waals surface area contributed by atoms with Gasteiger partial charge in [0.2, 0.25) is 0 Å². The Morgan fingerprint density at radius 3 is 1.78 bits per heavy atom. The first-order valence-electron chi connectivity index (χ1n) is 0.975. The van der Waals surface area contributed by atoms with Crippen molar-refractivity contribution in [3.63, 3.8) is 0 Å². The van der Waals surface area contributed by atoms with Crippen molar-refractivity contribution in [1.82, 2.24) is 0 Å². The molecule has 0 N–H and O–H groups in total. The first-order valence-corrected chi connectivity index (χ1v) is 2.28. The van der Waals surface area contributed by atoms with Gasteiger partial charge in [0.15, 0.2) is 0 Å². The minimum absolute atomic E-state index is 0. The molecule has 0 bridgehead atoms. The first kappa shape index (κ1) is 15.7. The number of hydrogen-bond acceptors (Lipinski definition) is 5. The quantitative estimate of drug-likeness (QED) is 0.192. The molecule has 9 heteroatoms. The Balaban J connectivity index is -0.0000000720. The van der Waals surface area contributed by atoms with E-state index in [-0.39, 0.29) is 0 Å². The molecule has 0 saturated carbocycles. The van der Waals surface area contributed by atoms with Crippen molar-refractivity contribution >= 4 is 24.4 Å². The van der Waals surface area contributed by atoms with E-state index < -0.39 is 11.5 Å². The van der Waals surface area contributed by atoms with E-state index in [1.165, 1.54) is 0 Å². The molecule has 0 radical (unpaired) electrons. The summed E-state index contributed by atoms with van der Waals surface area (Å²) >= 11 is 0.0949. The molecule has 0 spiro atoms. The first-order chi connectivity index (χ1) is 3.65. The van der Waals surface area contributed by atoms with Gasteiger partial charge in [-0.1, -0.05) is 0 Å². The molecule has 1 unspecified atom stereocenters. The summed E-state index contributed by atoms with van der Waals surface area (Å²) in [5.74, 6) is 0. The summed E-state index contributed by atoms with van der Waals surface area (Å²) in [6, 6.07) is 0. The number of hydrogen-bond donors (Lipinski definition) is 0. The minimum atomic E-state index is -3.36. The topological polar surface area (TPSA) is 58.6 Å². The van der Waals surface area contributed by atoms with Crippen molar-refractivity contribution in [2.24, 2.45) is 0 Å². The molecular formula is F2O4RfS2-2. The second kappa shape index (κ2) is 15.7. The molecule has 0 aliphatic heterocycles. The van der Waals surface area contributed by atoms with Crippen LogP contribution < -0.4 is 0 Å². The molecule has 0 aromatic heterocycles. The van der Waals surface area contributed by atoms with Crippen molar-refractivity contribution < 1.29 is 26.6 Å². The summed E-state index contributed by atoms with van der Waals surface area (Å²) in [4.78, 5) is 0. The second-order valence-electron chi connectivity index (χ2n) is 0.325. The predicted molar refractivity (Wildman–Crippen MR) is 20.7 cm³/mol. The van der Waals surface area contributed by atoms with Gasteiger partial charge in [0.1, 0.15) is 11.5 Å². The van der Waals surface area contributed by atoms with Crippen molar-refractivity contribution in [3.8, 4) is 0 Å². The maximum atomic E-state index is 9.92. The van der Waals surface area contributed by atoms with Crippen LogP contribution in [0.4, 0.5) is 8.41 Å². The molecule has 9 heavy (non-hydrogen) atoms. The van der Waals surface area contributed by atoms with E-state index in [0.29, 0.717) is 0 Å². The summed E-state index contributed by atoms with van der Waals surface area (Å²) in [7, 11) is 0. The fourth-order valence-corrected chi connectivity index (χ4v) is 0. The average Bonchev–Trinajstić information content (AvgIpc) is 1.65. The van der Waals surface area contributed by atoms with E-state index in [2.05, 4.69) is 22.3 Å². The van der Waals surface area contributed by atoms with Gasteiger partial charge in [0.05, 0.1) is 0 Å². The third kappa shape index (κ3) is 3450. The van der Waals surface area contributed by atoms with Crippen molar-refractivity contribution in [3.05, 3.63) is 0 Å². The third-order valence-electron chi connectivity index (χ3n) is 0.0257. The average molecular weight is 433 g/mol. The molecule has 0 saturated heterocycles. The molecule has 0 heterocycles. The Labute approximate surface area is 51.8 Å². The molecule has 0 rings (SSSR count). The SMILES string of the molecule is FOO[S-].O=S([O-])F.[Rf]. The molecule has 4 nitrogen and oxygen atoms in total. The van der Waals surface area contributed by atoms with E-state index >= 15 is 0 Å². The number of halogens is 2. The maximum Gasteiger partial charge on any atom is 0.132 e. The van der Waals surface area contributed by atoms with E-state index in [1.807, 2.05) is 0 Å². The van der Waals surface area contributed by atoms with E-state index in [4.69, 9.17) is 8.76 Å². The van der Waals surface area contributed by atoms with Gasteiger partial charge in [-0.25, -0.2) is 4.21 Å². The van der Waals surface area contributed by atoms with Crippen LogP contribution in [0.3, 0.4) is 0 Å². The van der Waals surface area contributed by atoms with Crippen LogP contribution in [0.2, 0.25) is 0 Å².